The Bertz CT molecular complexity index is 1030. The summed E-state index contributed by atoms with van der Waals surface area (Å²) in [6.07, 6.45) is 0.760. The Labute approximate surface area is 175 Å². The van der Waals surface area contributed by atoms with Gasteiger partial charge in [0, 0.05) is 22.2 Å². The average molecular weight is 416 g/mol. The van der Waals surface area contributed by atoms with Crippen molar-refractivity contribution in [3.8, 4) is 11.3 Å². The molecule has 1 aliphatic heterocycles. The third kappa shape index (κ3) is 4.10. The number of benzene rings is 1. The van der Waals surface area contributed by atoms with Gasteiger partial charge in [0.1, 0.15) is 0 Å². The molecule has 1 aliphatic rings. The number of pyridine rings is 1. The maximum absolute atomic E-state index is 14.6. The van der Waals surface area contributed by atoms with Crippen LogP contribution in [0, 0.1) is 12.7 Å². The van der Waals surface area contributed by atoms with Crippen LogP contribution in [0.25, 0.3) is 22.2 Å². The Kier molecular flexibility index (Phi) is 5.87. The molecule has 0 bridgehead atoms. The van der Waals surface area contributed by atoms with Crippen LogP contribution in [-0.2, 0) is 0 Å². The van der Waals surface area contributed by atoms with Crippen molar-refractivity contribution < 1.29 is 13.2 Å². The van der Waals surface area contributed by atoms with Gasteiger partial charge in [0.05, 0.1) is 18.4 Å². The van der Waals surface area contributed by atoms with E-state index in [4.69, 9.17) is 0 Å². The van der Waals surface area contributed by atoms with E-state index in [2.05, 4.69) is 42.0 Å². The second-order valence-electron chi connectivity index (χ2n) is 8.64. The molecule has 3 aromatic rings. The number of H-pyrrole nitrogens is 1. The molecule has 1 N–H and O–H groups in total. The van der Waals surface area contributed by atoms with E-state index in [0.29, 0.717) is 24.6 Å². The molecule has 0 spiro atoms. The first-order chi connectivity index (χ1) is 14.3. The van der Waals surface area contributed by atoms with Crippen molar-refractivity contribution in [3.63, 3.8) is 0 Å². The molecule has 0 unspecified atom stereocenters. The highest BCUT2D eigenvalue weighted by Gasteiger charge is 2.24. The zero-order valence-electron chi connectivity index (χ0n) is 17.7. The number of hydrogen-bond acceptors (Lipinski definition) is 2. The van der Waals surface area contributed by atoms with Gasteiger partial charge in [0.2, 0.25) is 0 Å². The average Bonchev–Trinajstić information content (AvgIpc) is 3.08. The fraction of sp³-hybridized carbons (Fsp3) is 0.458. The zero-order chi connectivity index (χ0) is 21.4. The summed E-state index contributed by atoms with van der Waals surface area (Å²) >= 11 is 0. The molecule has 1 saturated heterocycles. The molecule has 0 atom stereocenters. The monoisotopic (exact) mass is 415 g/mol. The molecule has 4 rings (SSSR count). The number of piperidine rings is 1. The lowest BCUT2D eigenvalue weighted by molar-refractivity contribution is 0.0754. The number of nitrogens with one attached hydrogen (secondary N) is 1. The first kappa shape index (κ1) is 20.9. The molecule has 0 saturated carbocycles. The minimum Gasteiger partial charge on any atom is -0.354 e. The van der Waals surface area contributed by atoms with E-state index >= 15 is 0 Å². The van der Waals surface area contributed by atoms with Gasteiger partial charge < -0.3 is 4.98 Å². The summed E-state index contributed by atoms with van der Waals surface area (Å²) in [7, 11) is 0. The molecule has 2 aromatic heterocycles. The molecule has 30 heavy (non-hydrogen) atoms. The van der Waals surface area contributed by atoms with Gasteiger partial charge in [0.15, 0.2) is 5.82 Å². The lowest BCUT2D eigenvalue weighted by Crippen LogP contribution is -2.36. The Balaban J connectivity index is 1.70. The van der Waals surface area contributed by atoms with E-state index in [1.165, 1.54) is 11.8 Å². The molecule has 0 radical (unpaired) electrons. The maximum atomic E-state index is 14.6. The van der Waals surface area contributed by atoms with Gasteiger partial charge in [-0.1, -0.05) is 19.9 Å². The van der Waals surface area contributed by atoms with Crippen LogP contribution in [-0.4, -0.2) is 40.9 Å². The van der Waals surface area contributed by atoms with Crippen molar-refractivity contribution in [2.45, 2.75) is 51.9 Å². The third-order valence-electron chi connectivity index (χ3n) is 6.16. The highest BCUT2D eigenvalue weighted by molar-refractivity contribution is 5.92. The first-order valence-corrected chi connectivity index (χ1v) is 10.6. The van der Waals surface area contributed by atoms with Gasteiger partial charge in [0.25, 0.3) is 6.43 Å². The van der Waals surface area contributed by atoms with Crippen molar-refractivity contribution in [3.05, 3.63) is 53.1 Å². The molecule has 160 valence electrons. The number of rotatable bonds is 5. The van der Waals surface area contributed by atoms with Crippen molar-refractivity contribution in [2.75, 3.05) is 19.6 Å². The lowest BCUT2D eigenvalue weighted by Gasteiger charge is -2.32. The highest BCUT2D eigenvalue weighted by Crippen LogP contribution is 2.39. The fourth-order valence-corrected chi connectivity index (χ4v) is 4.68. The van der Waals surface area contributed by atoms with Gasteiger partial charge in [-0.15, -0.1) is 0 Å². The molecule has 0 aliphatic carbocycles. The quantitative estimate of drug-likeness (QED) is 0.534. The summed E-state index contributed by atoms with van der Waals surface area (Å²) in [5.74, 6) is 0.243. The number of nitrogens with zero attached hydrogens (tertiary/aromatic N) is 2. The summed E-state index contributed by atoms with van der Waals surface area (Å²) < 4.78 is 39.9. The zero-order valence-corrected chi connectivity index (χ0v) is 17.7. The normalized spacial score (nSPS) is 16.3. The number of aromatic amines is 1. The minimum absolute atomic E-state index is 0.138. The van der Waals surface area contributed by atoms with Gasteiger partial charge in [-0.2, -0.15) is 0 Å². The summed E-state index contributed by atoms with van der Waals surface area (Å²) in [4.78, 5) is 9.33. The van der Waals surface area contributed by atoms with Crippen molar-refractivity contribution in [2.24, 2.45) is 0 Å². The second-order valence-corrected chi connectivity index (χ2v) is 8.64. The van der Waals surface area contributed by atoms with Crippen LogP contribution in [0.5, 0.6) is 0 Å². The minimum atomic E-state index is -2.28. The summed E-state index contributed by atoms with van der Waals surface area (Å²) in [6.45, 7) is 7.36. The predicted molar refractivity (Wildman–Crippen MR) is 115 cm³/mol. The smallest absolute Gasteiger partial charge is 0.251 e. The topological polar surface area (TPSA) is 31.9 Å². The van der Waals surface area contributed by atoms with Crippen LogP contribution in [0.3, 0.4) is 0 Å². The van der Waals surface area contributed by atoms with E-state index in [-0.39, 0.29) is 18.3 Å². The molecular weight excluding hydrogens is 387 g/mol. The van der Waals surface area contributed by atoms with E-state index < -0.39 is 6.43 Å². The van der Waals surface area contributed by atoms with Crippen LogP contribution < -0.4 is 0 Å². The van der Waals surface area contributed by atoms with E-state index in [9.17, 15) is 13.2 Å². The summed E-state index contributed by atoms with van der Waals surface area (Å²) in [5.41, 5.74) is 5.46. The molecule has 3 nitrogen and oxygen atoms in total. The van der Waals surface area contributed by atoms with E-state index in [1.807, 2.05) is 11.8 Å². The number of fused-ring (bicyclic) bond motifs is 1. The lowest BCUT2D eigenvalue weighted by atomic mass is 9.87. The number of aromatic nitrogens is 2. The van der Waals surface area contributed by atoms with Gasteiger partial charge in [-0.05, 0) is 74.0 Å². The van der Waals surface area contributed by atoms with E-state index in [1.54, 1.807) is 6.07 Å². The molecule has 6 heteroatoms. The van der Waals surface area contributed by atoms with E-state index in [0.717, 1.165) is 40.7 Å². The third-order valence-corrected chi connectivity index (χ3v) is 6.16. The largest absolute Gasteiger partial charge is 0.354 e. The highest BCUT2D eigenvalue weighted by atomic mass is 19.3. The van der Waals surface area contributed by atoms with Gasteiger partial charge in [-0.25, -0.2) is 13.2 Å². The Morgan fingerprint density at radius 3 is 2.57 bits per heavy atom. The number of aryl methyl sites for hydroxylation is 1. The predicted octanol–water partition coefficient (Wildman–Crippen LogP) is 6.25. The number of likely N-dealkylation sites (tertiary alicyclic amines) is 1. The maximum Gasteiger partial charge on any atom is 0.251 e. The molecular formula is C24H28F3N3. The van der Waals surface area contributed by atoms with Crippen molar-refractivity contribution in [1.82, 2.24) is 14.9 Å². The van der Waals surface area contributed by atoms with Gasteiger partial charge >= 0.3 is 0 Å². The van der Waals surface area contributed by atoms with Crippen LogP contribution in [0.1, 0.15) is 55.3 Å². The number of hydrogen-bond donors (Lipinski definition) is 1. The number of alkyl halides is 2. The van der Waals surface area contributed by atoms with Crippen molar-refractivity contribution >= 4 is 10.9 Å². The summed E-state index contributed by atoms with van der Waals surface area (Å²) in [6, 6.07) is 8.18. The summed E-state index contributed by atoms with van der Waals surface area (Å²) in [5, 5.41) is 1.11. The standard InChI is InChI=1S/C24H28F3N3/c1-14(2)23-19-11-17(16-6-8-30(9-7-16)13-22(26)27)4-5-21(19)29-24(23)18-10-15(3)28-12-20(18)25/h4-5,10-12,14,16,22,29H,6-9,13H2,1-3H3. The molecule has 1 fully saturated rings. The number of halogens is 3. The molecule has 1 aromatic carbocycles. The SMILES string of the molecule is Cc1cc(-c2[nH]c3ccc(C4CCN(CC(F)F)CC4)cc3c2C(C)C)c(F)cn1. The Morgan fingerprint density at radius 1 is 1.17 bits per heavy atom. The van der Waals surface area contributed by atoms with Crippen LogP contribution >= 0.6 is 0 Å². The first-order valence-electron chi connectivity index (χ1n) is 10.6. The Hall–Kier alpha value is -2.34. The van der Waals surface area contributed by atoms with Crippen LogP contribution in [0.4, 0.5) is 13.2 Å². The Morgan fingerprint density at radius 2 is 1.90 bits per heavy atom. The second kappa shape index (κ2) is 8.42. The molecule has 0 amide bonds. The van der Waals surface area contributed by atoms with Crippen LogP contribution in [0.15, 0.2) is 30.5 Å². The molecule has 3 heterocycles. The fourth-order valence-electron chi connectivity index (χ4n) is 4.68. The van der Waals surface area contributed by atoms with Crippen molar-refractivity contribution in [1.29, 1.82) is 0 Å². The van der Waals surface area contributed by atoms with Crippen LogP contribution in [0.2, 0.25) is 0 Å². The van der Waals surface area contributed by atoms with Gasteiger partial charge in [-0.3, -0.25) is 9.88 Å².